The smallest absolute Gasteiger partial charge is 0.0728 e. The molecule has 3 N–H and O–H groups in total. The highest BCUT2D eigenvalue weighted by atomic mass is 16.5. The van der Waals surface area contributed by atoms with Crippen molar-refractivity contribution in [2.24, 2.45) is 102 Å². The maximum Gasteiger partial charge on any atom is 0.0728 e. The van der Waals surface area contributed by atoms with Gasteiger partial charge in [-0.15, -0.1) is 0 Å². The molecule has 0 aromatic heterocycles. The largest absolute Gasteiger partial charge is 0.381 e. The van der Waals surface area contributed by atoms with Crippen LogP contribution in [0.4, 0.5) is 0 Å². The second-order valence-corrected chi connectivity index (χ2v) is 38.1. The lowest BCUT2D eigenvalue weighted by Crippen LogP contribution is -2.60. The molecule has 0 spiro atoms. The standard InChI is InChI=1S/C13H26O.2C12H25N.C12H24.C11H23N.2C11H22O.7C2H6/c1-11(2,3)13(12(4,5)6)7-9-14-10-8-13;1-10(2,3)12(11(4,5)6)8-7-9-13-12;1-10(2)12(11(3,4)5)8-6-7-9-13-12;1-10(2)12(11(3)4)8-6-5-7-9-12;2*1-9(2)11(10(3)4)6-5-7-12-8-11;1-9(2)11(10(3)4)7-5-6-8-12-11;7*1-2/h7-10H2,1-6H3;13H,7-9H2,1-6H3;10,13H,6-9H2,1-5H3;10-11H,5-9H2,1-4H3;9-10,12H,5-8H2,1-4H3;2*9-10H,5-8H2,1-4H3;7*1-2H3. The van der Waals surface area contributed by atoms with E-state index in [1.807, 2.05) is 96.9 Å². The van der Waals surface area contributed by atoms with Crippen molar-refractivity contribution in [3.8, 4) is 0 Å². The van der Waals surface area contributed by atoms with Crippen molar-refractivity contribution < 1.29 is 14.2 Å². The molecular weight excluding hydrogens is 1240 g/mol. The van der Waals surface area contributed by atoms with Crippen LogP contribution in [0.15, 0.2) is 0 Å². The summed E-state index contributed by atoms with van der Waals surface area (Å²) in [6.07, 6.45) is 25.7. The van der Waals surface area contributed by atoms with E-state index in [1.54, 1.807) is 0 Å². The second-order valence-electron chi connectivity index (χ2n) is 38.1. The lowest BCUT2D eigenvalue weighted by molar-refractivity contribution is -0.137. The SMILES string of the molecule is CC.CC.CC.CC.CC.CC.CC.CC(C)(C)C1(C(C)(C)C)CCCN1.CC(C)(C)C1(C(C)(C)C)CCOCC1.CC(C)C1(C(C)(C)C)CCCCN1.CC(C)C1(C(C)C)CCCCC1.CC(C)C1(C(C)C)CCCCO1.CC(C)C1(C(C)C)CCCNC1.CC(C)C1(C(C)C)CCCOC1. The van der Waals surface area contributed by atoms with Gasteiger partial charge in [-0.1, -0.05) is 351 Å². The average Bonchev–Trinajstić information content (AvgIpc) is 1.24. The van der Waals surface area contributed by atoms with Gasteiger partial charge < -0.3 is 30.2 Å². The topological polar surface area (TPSA) is 63.8 Å². The van der Waals surface area contributed by atoms with Crippen LogP contribution in [-0.4, -0.2) is 75.9 Å². The Bertz CT molecular complexity index is 1590. The summed E-state index contributed by atoms with van der Waals surface area (Å²) in [7, 11) is 0. The molecule has 7 rings (SSSR count). The molecule has 7 fully saturated rings. The van der Waals surface area contributed by atoms with Crippen molar-refractivity contribution in [3.05, 3.63) is 0 Å². The lowest BCUT2D eigenvalue weighted by atomic mass is 9.51. The van der Waals surface area contributed by atoms with Gasteiger partial charge in [0.2, 0.25) is 0 Å². The number of piperidine rings is 2. The number of ether oxygens (including phenoxy) is 3. The van der Waals surface area contributed by atoms with Crippen molar-refractivity contribution in [1.29, 1.82) is 0 Å². The second kappa shape index (κ2) is 56.9. The summed E-state index contributed by atoms with van der Waals surface area (Å²) >= 11 is 0. The van der Waals surface area contributed by atoms with E-state index >= 15 is 0 Å². The fraction of sp³-hybridized carbons (Fsp3) is 1.00. The first-order valence-corrected chi connectivity index (χ1v) is 45.2. The highest BCUT2D eigenvalue weighted by molar-refractivity contribution is 5.09. The van der Waals surface area contributed by atoms with Gasteiger partial charge in [0.15, 0.2) is 0 Å². The molecule has 6 saturated heterocycles. The van der Waals surface area contributed by atoms with E-state index < -0.39 is 0 Å². The first-order chi connectivity index (χ1) is 47.2. The normalized spacial score (nSPS) is 21.6. The molecule has 1 saturated carbocycles. The molecule has 6 nitrogen and oxygen atoms in total. The van der Waals surface area contributed by atoms with Gasteiger partial charge in [-0.05, 0) is 218 Å². The van der Waals surface area contributed by atoms with Crippen LogP contribution >= 0.6 is 0 Å². The minimum atomic E-state index is 0.179. The van der Waals surface area contributed by atoms with Crippen molar-refractivity contribution in [2.45, 2.75) is 464 Å². The summed E-state index contributed by atoms with van der Waals surface area (Å²) in [4.78, 5) is 0. The monoisotopic (exact) mass is 1450 g/mol. The third kappa shape index (κ3) is 34.6. The van der Waals surface area contributed by atoms with Gasteiger partial charge in [0.05, 0.1) is 12.2 Å². The Morgan fingerprint density at radius 3 is 0.824 bits per heavy atom. The molecule has 0 amide bonds. The van der Waals surface area contributed by atoms with E-state index in [-0.39, 0.29) is 5.60 Å². The van der Waals surface area contributed by atoms with Gasteiger partial charge in [-0.3, -0.25) is 0 Å². The molecule has 0 bridgehead atoms. The van der Waals surface area contributed by atoms with Gasteiger partial charge in [0, 0.05) is 44.1 Å². The van der Waals surface area contributed by atoms with Crippen molar-refractivity contribution in [3.63, 3.8) is 0 Å². The molecule has 0 aromatic rings. The summed E-state index contributed by atoms with van der Waals surface area (Å²) in [6, 6.07) is 0. The van der Waals surface area contributed by atoms with Crippen LogP contribution < -0.4 is 16.0 Å². The van der Waals surface area contributed by atoms with Gasteiger partial charge in [-0.2, -0.15) is 0 Å². The summed E-state index contributed by atoms with van der Waals surface area (Å²) < 4.78 is 17.1. The molecule has 0 radical (unpaired) electrons. The summed E-state index contributed by atoms with van der Waals surface area (Å²) in [5.41, 5.74) is 4.81. The first-order valence-electron chi connectivity index (χ1n) is 45.2. The molecule has 7 aliphatic rings. The van der Waals surface area contributed by atoms with Crippen LogP contribution in [0.25, 0.3) is 0 Å². The van der Waals surface area contributed by atoms with E-state index in [0.29, 0.717) is 71.6 Å². The molecule has 1 atom stereocenters. The van der Waals surface area contributed by atoms with E-state index in [2.05, 4.69) is 244 Å². The quantitative estimate of drug-likeness (QED) is 0.214. The maximum absolute atomic E-state index is 5.99. The Morgan fingerprint density at radius 2 is 0.627 bits per heavy atom. The predicted octanol–water partition coefficient (Wildman–Crippen LogP) is 30.7. The molecule has 102 heavy (non-hydrogen) atoms. The van der Waals surface area contributed by atoms with Gasteiger partial charge in [0.25, 0.3) is 0 Å². The van der Waals surface area contributed by atoms with Gasteiger partial charge in [0.1, 0.15) is 0 Å². The highest BCUT2D eigenvalue weighted by Gasteiger charge is 2.53. The molecular formula is C96H209N3O3. The Morgan fingerprint density at radius 1 is 0.265 bits per heavy atom. The minimum Gasteiger partial charge on any atom is -0.381 e. The van der Waals surface area contributed by atoms with Crippen LogP contribution in [0.1, 0.15) is 447 Å². The third-order valence-corrected chi connectivity index (χ3v) is 26.4. The summed E-state index contributed by atoms with van der Waals surface area (Å²) in [5.74, 6) is 6.89. The molecule has 1 unspecified atom stereocenters. The highest BCUT2D eigenvalue weighted by Crippen LogP contribution is 2.58. The number of hydrogen-bond acceptors (Lipinski definition) is 6. The van der Waals surface area contributed by atoms with Crippen molar-refractivity contribution >= 4 is 0 Å². The third-order valence-electron chi connectivity index (χ3n) is 26.4. The number of rotatable bonds is 9. The Hall–Kier alpha value is -0.240. The molecule has 1 aliphatic carbocycles. The van der Waals surface area contributed by atoms with Crippen LogP contribution in [0.3, 0.4) is 0 Å². The Balaban J connectivity index is -0.000000200. The predicted molar refractivity (Wildman–Crippen MR) is 472 cm³/mol. The fourth-order valence-corrected chi connectivity index (χ4v) is 19.9. The fourth-order valence-electron chi connectivity index (χ4n) is 19.9. The molecule has 626 valence electrons. The zero-order valence-electron chi connectivity index (χ0n) is 80.7. The number of hydrogen-bond donors (Lipinski definition) is 3. The van der Waals surface area contributed by atoms with Crippen LogP contribution in [-0.2, 0) is 14.2 Å². The Kier molecular flexibility index (Phi) is 64.2. The first kappa shape index (κ1) is 115. The molecule has 6 heterocycles. The van der Waals surface area contributed by atoms with Gasteiger partial charge in [-0.25, -0.2) is 0 Å². The minimum absolute atomic E-state index is 0.179. The number of nitrogens with one attached hydrogen (secondary N) is 3. The summed E-state index contributed by atoms with van der Waals surface area (Å²) in [5, 5.41) is 11.1. The van der Waals surface area contributed by atoms with Crippen LogP contribution in [0.5, 0.6) is 0 Å². The molecule has 6 aliphatic heterocycles. The van der Waals surface area contributed by atoms with E-state index in [9.17, 15) is 0 Å². The zero-order valence-corrected chi connectivity index (χ0v) is 80.7. The molecule has 0 aromatic carbocycles. The van der Waals surface area contributed by atoms with E-state index in [0.717, 1.165) is 74.5 Å². The Labute approximate surface area is 651 Å². The van der Waals surface area contributed by atoms with E-state index in [1.165, 1.54) is 148 Å². The maximum atomic E-state index is 5.99. The summed E-state index contributed by atoms with van der Waals surface area (Å²) in [6.45, 7) is 115. The van der Waals surface area contributed by atoms with E-state index in [4.69, 9.17) is 14.2 Å². The van der Waals surface area contributed by atoms with Crippen LogP contribution in [0, 0.1) is 102 Å². The van der Waals surface area contributed by atoms with Crippen molar-refractivity contribution in [2.75, 3.05) is 59.2 Å². The lowest BCUT2D eigenvalue weighted by Gasteiger charge is -2.56. The van der Waals surface area contributed by atoms with Gasteiger partial charge >= 0.3 is 0 Å². The zero-order chi connectivity index (χ0) is 82.2. The van der Waals surface area contributed by atoms with Crippen molar-refractivity contribution in [1.82, 2.24) is 16.0 Å². The van der Waals surface area contributed by atoms with Crippen LogP contribution in [0.2, 0.25) is 0 Å². The molecule has 6 heteroatoms. The average molecular weight is 1450 g/mol.